The van der Waals surface area contributed by atoms with Crippen LogP contribution in [0.25, 0.3) is 5.52 Å². The lowest BCUT2D eigenvalue weighted by Gasteiger charge is -2.10. The third kappa shape index (κ3) is 6.69. The van der Waals surface area contributed by atoms with Crippen molar-refractivity contribution in [3.05, 3.63) is 59.8 Å². The number of amides is 1. The van der Waals surface area contributed by atoms with Crippen molar-refractivity contribution < 1.29 is 51.0 Å². The zero-order valence-corrected chi connectivity index (χ0v) is 18.2. The van der Waals surface area contributed by atoms with Crippen LogP contribution < -0.4 is 15.3 Å². The Bertz CT molecular complexity index is 1240. The number of halogens is 6. The molecule has 3 N–H and O–H groups in total. The van der Waals surface area contributed by atoms with Gasteiger partial charge in [0.2, 0.25) is 5.82 Å². The lowest BCUT2D eigenvalue weighted by atomic mass is 10.3. The van der Waals surface area contributed by atoms with E-state index in [1.54, 1.807) is 16.7 Å². The molecule has 3 aromatic rings. The van der Waals surface area contributed by atoms with Crippen LogP contribution in [0.1, 0.15) is 28.4 Å². The molecular formula is C21H19F6N5O4. The third-order valence-corrected chi connectivity index (χ3v) is 5.11. The minimum absolute atomic E-state index is 0.0638. The Morgan fingerprint density at radius 1 is 1.11 bits per heavy atom. The summed E-state index contributed by atoms with van der Waals surface area (Å²) in [5.41, 5.74) is 0.348. The Labute approximate surface area is 199 Å². The van der Waals surface area contributed by atoms with Crippen LogP contribution in [0, 0.1) is 0 Å². The molecule has 0 saturated carbocycles. The van der Waals surface area contributed by atoms with Crippen molar-refractivity contribution in [3.8, 4) is 0 Å². The molecule has 0 spiro atoms. The summed E-state index contributed by atoms with van der Waals surface area (Å²) in [7, 11) is 0. The number of carboxylic acid groups (broad SMARTS) is 1. The lowest BCUT2D eigenvalue weighted by Crippen LogP contribution is -3.09. The van der Waals surface area contributed by atoms with Crippen molar-refractivity contribution in [3.63, 3.8) is 0 Å². The topological polar surface area (TPSA) is 124 Å². The van der Waals surface area contributed by atoms with Crippen LogP contribution in [-0.4, -0.2) is 56.7 Å². The van der Waals surface area contributed by atoms with Crippen LogP contribution in [0.5, 0.6) is 0 Å². The van der Waals surface area contributed by atoms with Gasteiger partial charge in [-0.1, -0.05) is 12.1 Å². The number of carboxylic acids is 1. The number of hydrogen-bond acceptors (Lipinski definition) is 6. The maximum absolute atomic E-state index is 12.8. The number of nitrogens with one attached hydrogen (secondary N) is 2. The molecule has 15 heteroatoms. The quantitative estimate of drug-likeness (QED) is 0.430. The van der Waals surface area contributed by atoms with Crippen LogP contribution in [0.3, 0.4) is 0 Å². The van der Waals surface area contributed by atoms with Crippen molar-refractivity contribution in [2.24, 2.45) is 0 Å². The molecule has 0 aromatic carbocycles. The molecule has 1 amide bonds. The molecule has 4 heterocycles. The van der Waals surface area contributed by atoms with Gasteiger partial charge in [0.05, 0.1) is 12.1 Å². The number of aliphatic hydroxyl groups excluding tert-OH is 1. The summed E-state index contributed by atoms with van der Waals surface area (Å²) in [6.45, 7) is 1.96. The molecule has 1 aliphatic heterocycles. The first-order valence-electron chi connectivity index (χ1n) is 10.4. The average Bonchev–Trinajstić information content (AvgIpc) is 3.37. The molecule has 194 valence electrons. The Morgan fingerprint density at radius 2 is 1.81 bits per heavy atom. The summed E-state index contributed by atoms with van der Waals surface area (Å²) < 4.78 is 71.7. The first kappa shape index (κ1) is 26.9. The summed E-state index contributed by atoms with van der Waals surface area (Å²) in [6, 6.07) is 8.71. The zero-order valence-electron chi connectivity index (χ0n) is 18.2. The lowest BCUT2D eigenvalue weighted by molar-refractivity contribution is -0.902. The second-order valence-electron chi connectivity index (χ2n) is 7.81. The van der Waals surface area contributed by atoms with Gasteiger partial charge in [-0.3, -0.25) is 9.20 Å². The maximum atomic E-state index is 12.8. The fourth-order valence-corrected chi connectivity index (χ4v) is 3.53. The van der Waals surface area contributed by atoms with Gasteiger partial charge in [-0.05, 0) is 24.3 Å². The number of nitrogens with zero attached hydrogens (tertiary/aromatic N) is 3. The molecule has 9 nitrogen and oxygen atoms in total. The van der Waals surface area contributed by atoms with Gasteiger partial charge < -0.3 is 25.2 Å². The maximum Gasteiger partial charge on any atom is 0.433 e. The number of carbonyl (C=O) groups is 2. The first-order chi connectivity index (χ1) is 16.8. The van der Waals surface area contributed by atoms with Gasteiger partial charge in [0.15, 0.2) is 0 Å². The molecule has 3 aromatic heterocycles. The molecule has 1 aliphatic rings. The van der Waals surface area contributed by atoms with Gasteiger partial charge in [-0.25, -0.2) is 9.97 Å². The average molecular weight is 519 g/mol. The highest BCUT2D eigenvalue weighted by molar-refractivity contribution is 6.02. The molecular weight excluding hydrogens is 500 g/mol. The summed E-state index contributed by atoms with van der Waals surface area (Å²) in [6.07, 6.45) is -7.74. The Kier molecular flexibility index (Phi) is 7.83. The summed E-state index contributed by atoms with van der Waals surface area (Å²) in [4.78, 5) is 30.6. The number of likely N-dealkylation sites (tertiary alicyclic amines) is 1. The van der Waals surface area contributed by atoms with E-state index in [4.69, 9.17) is 9.90 Å². The number of carbonyl (C=O) groups excluding carboxylic acids is 2. The van der Waals surface area contributed by atoms with Crippen LogP contribution >= 0.6 is 0 Å². The van der Waals surface area contributed by atoms with E-state index >= 15 is 0 Å². The fraction of sp³-hybridized carbons (Fsp3) is 0.333. The van der Waals surface area contributed by atoms with Gasteiger partial charge in [-0.15, -0.1) is 0 Å². The zero-order chi connectivity index (χ0) is 26.7. The van der Waals surface area contributed by atoms with Gasteiger partial charge in [-0.2, -0.15) is 26.3 Å². The molecule has 1 fully saturated rings. The van der Waals surface area contributed by atoms with Crippen LogP contribution in [0.15, 0.2) is 42.6 Å². The number of pyridine rings is 2. The van der Waals surface area contributed by atoms with E-state index in [0.29, 0.717) is 18.8 Å². The van der Waals surface area contributed by atoms with E-state index in [9.17, 15) is 36.2 Å². The fourth-order valence-electron chi connectivity index (χ4n) is 3.53. The number of fused-ring (bicyclic) bond motifs is 1. The predicted octanol–water partition coefficient (Wildman–Crippen LogP) is 0.448. The number of imidazole rings is 1. The molecule has 4 rings (SSSR count). The molecule has 2 unspecified atom stereocenters. The Balaban J connectivity index is 0.000000454. The summed E-state index contributed by atoms with van der Waals surface area (Å²) in [5.74, 6) is -3.80. The van der Waals surface area contributed by atoms with E-state index in [1.807, 2.05) is 12.1 Å². The van der Waals surface area contributed by atoms with Gasteiger partial charge >= 0.3 is 12.4 Å². The van der Waals surface area contributed by atoms with Gasteiger partial charge in [0.1, 0.15) is 42.4 Å². The van der Waals surface area contributed by atoms with E-state index < -0.39 is 29.9 Å². The summed E-state index contributed by atoms with van der Waals surface area (Å²) in [5, 5.41) is 20.9. The number of anilines is 1. The second kappa shape index (κ2) is 10.5. The number of hydrogen-bond donors (Lipinski definition) is 3. The van der Waals surface area contributed by atoms with E-state index in [-0.39, 0.29) is 17.7 Å². The minimum atomic E-state index is -5.19. The van der Waals surface area contributed by atoms with Crippen LogP contribution in [0.2, 0.25) is 0 Å². The van der Waals surface area contributed by atoms with E-state index in [0.717, 1.165) is 29.4 Å². The van der Waals surface area contributed by atoms with Crippen molar-refractivity contribution in [1.29, 1.82) is 0 Å². The molecule has 1 saturated heterocycles. The third-order valence-electron chi connectivity index (χ3n) is 5.11. The second-order valence-corrected chi connectivity index (χ2v) is 7.81. The smallest absolute Gasteiger partial charge is 0.433 e. The highest BCUT2D eigenvalue weighted by Gasteiger charge is 2.33. The van der Waals surface area contributed by atoms with Crippen molar-refractivity contribution in [1.82, 2.24) is 14.4 Å². The van der Waals surface area contributed by atoms with Gasteiger partial charge in [0, 0.05) is 12.6 Å². The van der Waals surface area contributed by atoms with Crippen molar-refractivity contribution in [2.45, 2.75) is 31.4 Å². The molecule has 36 heavy (non-hydrogen) atoms. The normalized spacial score (nSPS) is 18.0. The Morgan fingerprint density at radius 3 is 2.39 bits per heavy atom. The summed E-state index contributed by atoms with van der Waals surface area (Å²) >= 11 is 0. The standard InChI is InChI=1S/C19H18F3N5O2.C2HF3O2/c20-19(21,22)15-5-3-6-16(24-15)25-18(29)17-23-13(11-26-9-7-12(28)10-26)14-4-1-2-8-27(14)17;3-2(4,5)1(6)7/h1-6,8,12,28H,7,9-11H2,(H,24,25,29);(H,6,7). The minimum Gasteiger partial charge on any atom is -0.542 e. The molecule has 0 bridgehead atoms. The monoisotopic (exact) mass is 519 g/mol. The number of aromatic nitrogens is 3. The first-order valence-corrected chi connectivity index (χ1v) is 10.4. The molecule has 0 radical (unpaired) electrons. The largest absolute Gasteiger partial charge is 0.542 e. The SMILES string of the molecule is O=C(Nc1cccc(C(F)(F)F)n1)c1nc(C[NH+]2CCC(O)C2)c2ccccn12.O=C([O-])C(F)(F)F. The Hall–Kier alpha value is -3.72. The molecule has 0 aliphatic carbocycles. The predicted molar refractivity (Wildman–Crippen MR) is 108 cm³/mol. The highest BCUT2D eigenvalue weighted by Crippen LogP contribution is 2.28. The van der Waals surface area contributed by atoms with Crippen molar-refractivity contribution >= 4 is 23.2 Å². The molecule has 2 atom stereocenters. The van der Waals surface area contributed by atoms with Gasteiger partial charge in [0.25, 0.3) is 5.91 Å². The number of aliphatic carboxylic acids is 1. The number of alkyl halides is 6. The van der Waals surface area contributed by atoms with Crippen molar-refractivity contribution in [2.75, 3.05) is 18.4 Å². The van der Waals surface area contributed by atoms with Crippen LogP contribution in [-0.2, 0) is 17.5 Å². The number of rotatable bonds is 4. The van der Waals surface area contributed by atoms with E-state index in [1.165, 1.54) is 12.1 Å². The van der Waals surface area contributed by atoms with E-state index in [2.05, 4.69) is 15.3 Å². The van der Waals surface area contributed by atoms with Crippen LogP contribution in [0.4, 0.5) is 32.2 Å². The number of aliphatic hydroxyl groups is 1. The number of quaternary nitrogens is 1. The highest BCUT2D eigenvalue weighted by atomic mass is 19.4.